The van der Waals surface area contributed by atoms with Crippen molar-refractivity contribution in [2.45, 2.75) is 10.9 Å². The summed E-state index contributed by atoms with van der Waals surface area (Å²) in [4.78, 5) is 21.7. The minimum absolute atomic E-state index is 0.182. The zero-order valence-electron chi connectivity index (χ0n) is 8.98. The van der Waals surface area contributed by atoms with Gasteiger partial charge in [0.1, 0.15) is 16.1 Å². The molecule has 0 amide bonds. The molecule has 2 aromatic rings. The number of hydrogen-bond donors (Lipinski definition) is 2. The molecule has 0 bridgehead atoms. The van der Waals surface area contributed by atoms with Crippen LogP contribution in [0.15, 0.2) is 28.2 Å². The molecule has 2 rings (SSSR count). The summed E-state index contributed by atoms with van der Waals surface area (Å²) in [5.74, 6) is 0.691. The third-order valence-corrected chi connectivity index (χ3v) is 3.46. The number of aromatic amines is 1. The number of nitrogens with two attached hydrogens (primary N) is 1. The van der Waals surface area contributed by atoms with Crippen LogP contribution in [-0.2, 0) is 5.75 Å². The summed E-state index contributed by atoms with van der Waals surface area (Å²) in [5, 5.41) is 1.11. The number of halogens is 2. The van der Waals surface area contributed by atoms with Gasteiger partial charge in [0, 0.05) is 11.8 Å². The number of pyridine rings is 1. The van der Waals surface area contributed by atoms with Gasteiger partial charge in [0.15, 0.2) is 5.16 Å². The first kappa shape index (κ1) is 13.2. The van der Waals surface area contributed by atoms with E-state index in [4.69, 9.17) is 28.9 Å². The standard InChI is InChI=1S/C10H8Cl2N4OS/c11-6-2-1-5(9(12)14-6)4-18-10-15-7(13)3-8(17)16-10/h1-3H,4H2,(H3,13,15,16,17). The van der Waals surface area contributed by atoms with E-state index in [9.17, 15) is 4.79 Å². The van der Waals surface area contributed by atoms with E-state index in [0.717, 1.165) is 5.56 Å². The van der Waals surface area contributed by atoms with Gasteiger partial charge in [-0.05, 0) is 11.6 Å². The lowest BCUT2D eigenvalue weighted by atomic mass is 10.3. The van der Waals surface area contributed by atoms with Crippen molar-refractivity contribution in [2.75, 3.05) is 5.73 Å². The summed E-state index contributed by atoms with van der Waals surface area (Å²) in [5.41, 5.74) is 5.99. The molecule has 0 unspecified atom stereocenters. The Morgan fingerprint density at radius 2 is 2.11 bits per heavy atom. The summed E-state index contributed by atoms with van der Waals surface area (Å²) >= 11 is 12.9. The van der Waals surface area contributed by atoms with E-state index >= 15 is 0 Å². The Bertz CT molecular complexity index is 632. The maximum Gasteiger partial charge on any atom is 0.253 e. The number of anilines is 1. The van der Waals surface area contributed by atoms with Crippen molar-refractivity contribution in [1.29, 1.82) is 0 Å². The molecule has 0 fully saturated rings. The van der Waals surface area contributed by atoms with E-state index in [-0.39, 0.29) is 11.4 Å². The maximum absolute atomic E-state index is 11.2. The van der Waals surface area contributed by atoms with Crippen molar-refractivity contribution in [3.05, 3.63) is 44.4 Å². The van der Waals surface area contributed by atoms with Gasteiger partial charge in [0.25, 0.3) is 5.56 Å². The molecule has 0 atom stereocenters. The average Bonchev–Trinajstić information content (AvgIpc) is 2.26. The van der Waals surface area contributed by atoms with Gasteiger partial charge < -0.3 is 10.7 Å². The minimum Gasteiger partial charge on any atom is -0.383 e. The Labute approximate surface area is 117 Å². The van der Waals surface area contributed by atoms with Crippen LogP contribution in [0.5, 0.6) is 0 Å². The lowest BCUT2D eigenvalue weighted by molar-refractivity contribution is 0.944. The summed E-state index contributed by atoms with van der Waals surface area (Å²) in [6.07, 6.45) is 0. The fourth-order valence-electron chi connectivity index (χ4n) is 1.22. The topological polar surface area (TPSA) is 84.7 Å². The van der Waals surface area contributed by atoms with Gasteiger partial charge in [-0.1, -0.05) is 41.0 Å². The predicted molar refractivity (Wildman–Crippen MR) is 73.1 cm³/mol. The van der Waals surface area contributed by atoms with E-state index in [1.54, 1.807) is 12.1 Å². The molecule has 0 aromatic carbocycles. The highest BCUT2D eigenvalue weighted by Crippen LogP contribution is 2.24. The summed E-state index contributed by atoms with van der Waals surface area (Å²) < 4.78 is 0. The molecule has 2 heterocycles. The number of thioether (sulfide) groups is 1. The lowest BCUT2D eigenvalue weighted by Crippen LogP contribution is -2.09. The average molecular weight is 303 g/mol. The van der Waals surface area contributed by atoms with Gasteiger partial charge in [-0.3, -0.25) is 4.79 Å². The Hall–Kier alpha value is -1.24. The minimum atomic E-state index is -0.287. The third kappa shape index (κ3) is 3.38. The molecule has 0 aliphatic heterocycles. The SMILES string of the molecule is Nc1cc(=O)[nH]c(SCc2ccc(Cl)nc2Cl)n1. The van der Waals surface area contributed by atoms with Gasteiger partial charge in [-0.2, -0.15) is 0 Å². The molecule has 94 valence electrons. The van der Waals surface area contributed by atoms with Crippen molar-refractivity contribution < 1.29 is 0 Å². The highest BCUT2D eigenvalue weighted by molar-refractivity contribution is 7.98. The van der Waals surface area contributed by atoms with E-state index in [1.807, 2.05) is 0 Å². The second kappa shape index (κ2) is 5.60. The lowest BCUT2D eigenvalue weighted by Gasteiger charge is -2.03. The normalized spacial score (nSPS) is 10.6. The third-order valence-electron chi connectivity index (χ3n) is 2.00. The second-order valence-electron chi connectivity index (χ2n) is 3.35. The van der Waals surface area contributed by atoms with Crippen molar-refractivity contribution in [2.24, 2.45) is 0 Å². The quantitative estimate of drug-likeness (QED) is 0.516. The zero-order chi connectivity index (χ0) is 13.1. The number of aromatic nitrogens is 3. The van der Waals surface area contributed by atoms with Crippen LogP contribution >= 0.6 is 35.0 Å². The number of nitrogen functional groups attached to an aromatic ring is 1. The first-order valence-electron chi connectivity index (χ1n) is 4.85. The number of rotatable bonds is 3. The van der Waals surface area contributed by atoms with E-state index in [2.05, 4.69) is 15.0 Å². The highest BCUT2D eigenvalue weighted by atomic mass is 35.5. The van der Waals surface area contributed by atoms with Crippen LogP contribution in [0.1, 0.15) is 5.56 Å². The molecule has 0 aliphatic carbocycles. The monoisotopic (exact) mass is 302 g/mol. The molecule has 0 saturated heterocycles. The van der Waals surface area contributed by atoms with Crippen LogP contribution in [-0.4, -0.2) is 15.0 Å². The van der Waals surface area contributed by atoms with Gasteiger partial charge in [0.2, 0.25) is 0 Å². The molecular weight excluding hydrogens is 295 g/mol. The molecule has 3 N–H and O–H groups in total. The Morgan fingerprint density at radius 3 is 2.78 bits per heavy atom. The van der Waals surface area contributed by atoms with Crippen LogP contribution < -0.4 is 11.3 Å². The molecule has 0 spiro atoms. The molecule has 0 aliphatic rings. The number of hydrogen-bond acceptors (Lipinski definition) is 5. The van der Waals surface area contributed by atoms with Gasteiger partial charge in [0.05, 0.1) is 0 Å². The maximum atomic E-state index is 11.2. The largest absolute Gasteiger partial charge is 0.383 e. The Kier molecular flexibility index (Phi) is 4.11. The van der Waals surface area contributed by atoms with Gasteiger partial charge in [-0.15, -0.1) is 0 Å². The summed E-state index contributed by atoms with van der Waals surface area (Å²) in [7, 11) is 0. The first-order chi connectivity index (χ1) is 8.54. The van der Waals surface area contributed by atoms with Gasteiger partial charge >= 0.3 is 0 Å². The molecule has 18 heavy (non-hydrogen) atoms. The van der Waals surface area contributed by atoms with Crippen molar-refractivity contribution in [3.63, 3.8) is 0 Å². The van der Waals surface area contributed by atoms with Crippen LogP contribution in [0.2, 0.25) is 10.3 Å². The Morgan fingerprint density at radius 1 is 1.33 bits per heavy atom. The summed E-state index contributed by atoms with van der Waals surface area (Å²) in [6, 6.07) is 4.65. The van der Waals surface area contributed by atoms with Crippen LogP contribution in [0.4, 0.5) is 5.82 Å². The summed E-state index contributed by atoms with van der Waals surface area (Å²) in [6.45, 7) is 0. The Balaban J connectivity index is 2.13. The van der Waals surface area contributed by atoms with E-state index in [1.165, 1.54) is 17.8 Å². The fraction of sp³-hybridized carbons (Fsp3) is 0.100. The predicted octanol–water partition coefficient (Wildman–Crippen LogP) is 2.35. The first-order valence-corrected chi connectivity index (χ1v) is 6.59. The van der Waals surface area contributed by atoms with Crippen LogP contribution in [0, 0.1) is 0 Å². The molecule has 0 radical (unpaired) electrons. The molecule has 2 aromatic heterocycles. The van der Waals surface area contributed by atoms with E-state index < -0.39 is 0 Å². The van der Waals surface area contributed by atoms with Crippen molar-refractivity contribution >= 4 is 40.8 Å². The smallest absolute Gasteiger partial charge is 0.253 e. The molecular formula is C10H8Cl2N4OS. The number of nitrogens with one attached hydrogen (secondary N) is 1. The molecule has 5 nitrogen and oxygen atoms in total. The van der Waals surface area contributed by atoms with Crippen LogP contribution in [0.3, 0.4) is 0 Å². The number of H-pyrrole nitrogens is 1. The van der Waals surface area contributed by atoms with Gasteiger partial charge in [-0.25, -0.2) is 9.97 Å². The molecule has 8 heteroatoms. The van der Waals surface area contributed by atoms with Crippen LogP contribution in [0.25, 0.3) is 0 Å². The highest BCUT2D eigenvalue weighted by Gasteiger charge is 2.05. The van der Waals surface area contributed by atoms with Crippen molar-refractivity contribution in [3.8, 4) is 0 Å². The fourth-order valence-corrected chi connectivity index (χ4v) is 2.58. The molecule has 0 saturated carbocycles. The van der Waals surface area contributed by atoms with E-state index in [0.29, 0.717) is 21.2 Å². The van der Waals surface area contributed by atoms with Crippen molar-refractivity contribution in [1.82, 2.24) is 15.0 Å². The zero-order valence-corrected chi connectivity index (χ0v) is 11.3. The second-order valence-corrected chi connectivity index (χ2v) is 5.06. The number of nitrogens with zero attached hydrogens (tertiary/aromatic N) is 2.